The number of hydrogen-bond donors (Lipinski definition) is 1. The van der Waals surface area contributed by atoms with Crippen LogP contribution in [0.3, 0.4) is 0 Å². The molecule has 1 saturated heterocycles. The number of hydrogen-bond acceptors (Lipinski definition) is 5. The molecule has 0 amide bonds. The average molecular weight is 231 g/mol. The zero-order valence-electron chi connectivity index (χ0n) is 9.89. The number of piperidine rings is 1. The second-order valence-electron chi connectivity index (χ2n) is 4.21. The Morgan fingerprint density at radius 1 is 1.35 bits per heavy atom. The Balaban J connectivity index is 1.75. The molecule has 90 valence electrons. The topological polar surface area (TPSA) is 64.8 Å². The van der Waals surface area contributed by atoms with E-state index < -0.39 is 0 Å². The van der Waals surface area contributed by atoms with Gasteiger partial charge in [0.15, 0.2) is 0 Å². The predicted molar refractivity (Wildman–Crippen MR) is 65.5 cm³/mol. The highest BCUT2D eigenvalue weighted by Crippen LogP contribution is 2.07. The van der Waals surface area contributed by atoms with Gasteiger partial charge in [0.1, 0.15) is 11.8 Å². The minimum absolute atomic E-state index is 0.403. The van der Waals surface area contributed by atoms with E-state index in [2.05, 4.69) is 20.2 Å². The number of nitrogens with zero attached hydrogens (tertiary/aromatic N) is 4. The monoisotopic (exact) mass is 231 g/mol. The highest BCUT2D eigenvalue weighted by atomic mass is 15.2. The quantitative estimate of drug-likeness (QED) is 0.844. The van der Waals surface area contributed by atoms with Crippen molar-refractivity contribution in [2.45, 2.75) is 19.3 Å². The maximum atomic E-state index is 8.72. The summed E-state index contributed by atoms with van der Waals surface area (Å²) in [4.78, 5) is 10.6. The SMILES string of the molecule is N#Cc1ccnc(NCCN2CCCCC2)n1. The number of nitrogens with one attached hydrogen (secondary N) is 1. The Morgan fingerprint density at radius 2 is 2.18 bits per heavy atom. The number of aromatic nitrogens is 2. The normalized spacial score (nSPS) is 16.4. The molecule has 0 aromatic carbocycles. The molecule has 0 bridgehead atoms. The summed E-state index contributed by atoms with van der Waals surface area (Å²) in [6.45, 7) is 4.23. The summed E-state index contributed by atoms with van der Waals surface area (Å²) in [5.74, 6) is 0.543. The van der Waals surface area contributed by atoms with Crippen molar-refractivity contribution in [3.63, 3.8) is 0 Å². The maximum Gasteiger partial charge on any atom is 0.223 e. The van der Waals surface area contributed by atoms with Gasteiger partial charge in [-0.25, -0.2) is 9.97 Å². The fraction of sp³-hybridized carbons (Fsp3) is 0.583. The smallest absolute Gasteiger partial charge is 0.223 e. The summed E-state index contributed by atoms with van der Waals surface area (Å²) in [6.07, 6.45) is 5.58. The number of anilines is 1. The van der Waals surface area contributed by atoms with Crippen LogP contribution in [0, 0.1) is 11.3 Å². The van der Waals surface area contributed by atoms with Gasteiger partial charge in [-0.05, 0) is 32.0 Å². The lowest BCUT2D eigenvalue weighted by Crippen LogP contribution is -2.33. The van der Waals surface area contributed by atoms with Gasteiger partial charge in [-0.15, -0.1) is 0 Å². The first-order chi connectivity index (χ1) is 8.38. The zero-order chi connectivity index (χ0) is 11.9. The minimum Gasteiger partial charge on any atom is -0.353 e. The van der Waals surface area contributed by atoms with Gasteiger partial charge >= 0.3 is 0 Å². The standard InChI is InChI=1S/C12H17N5/c13-10-11-4-5-14-12(16-11)15-6-9-17-7-2-1-3-8-17/h4-5H,1-3,6-9H2,(H,14,15,16). The lowest BCUT2D eigenvalue weighted by molar-refractivity contribution is 0.237. The van der Waals surface area contributed by atoms with Crippen molar-refractivity contribution < 1.29 is 0 Å². The molecule has 0 unspecified atom stereocenters. The minimum atomic E-state index is 0.403. The molecular formula is C12H17N5. The molecule has 1 aliphatic heterocycles. The van der Waals surface area contributed by atoms with Crippen molar-refractivity contribution >= 4 is 5.95 Å². The molecule has 0 radical (unpaired) electrons. The summed E-state index contributed by atoms with van der Waals surface area (Å²) in [5, 5.41) is 11.9. The van der Waals surface area contributed by atoms with E-state index in [1.54, 1.807) is 12.3 Å². The summed E-state index contributed by atoms with van der Waals surface area (Å²) in [7, 11) is 0. The van der Waals surface area contributed by atoms with Gasteiger partial charge in [0.05, 0.1) is 0 Å². The van der Waals surface area contributed by atoms with Crippen molar-refractivity contribution in [3.05, 3.63) is 18.0 Å². The molecule has 17 heavy (non-hydrogen) atoms. The van der Waals surface area contributed by atoms with Crippen LogP contribution in [0.4, 0.5) is 5.95 Å². The first-order valence-electron chi connectivity index (χ1n) is 6.08. The van der Waals surface area contributed by atoms with E-state index in [1.807, 2.05) is 6.07 Å². The predicted octanol–water partition coefficient (Wildman–Crippen LogP) is 1.25. The highest BCUT2D eigenvalue weighted by molar-refractivity contribution is 5.29. The van der Waals surface area contributed by atoms with Crippen LogP contribution in [-0.4, -0.2) is 41.0 Å². The van der Waals surface area contributed by atoms with Gasteiger partial charge in [0.2, 0.25) is 5.95 Å². The molecule has 1 N–H and O–H groups in total. The number of likely N-dealkylation sites (tertiary alicyclic amines) is 1. The molecule has 5 heteroatoms. The van der Waals surface area contributed by atoms with Gasteiger partial charge in [0, 0.05) is 19.3 Å². The van der Waals surface area contributed by atoms with Gasteiger partial charge in [-0.2, -0.15) is 5.26 Å². The largest absolute Gasteiger partial charge is 0.353 e. The fourth-order valence-corrected chi connectivity index (χ4v) is 2.01. The molecule has 0 saturated carbocycles. The van der Waals surface area contributed by atoms with Gasteiger partial charge in [-0.3, -0.25) is 0 Å². The summed E-state index contributed by atoms with van der Waals surface area (Å²) >= 11 is 0. The van der Waals surface area contributed by atoms with Crippen LogP contribution in [0.25, 0.3) is 0 Å². The number of nitriles is 1. The zero-order valence-corrected chi connectivity index (χ0v) is 9.89. The molecule has 1 aromatic heterocycles. The van der Waals surface area contributed by atoms with Gasteiger partial charge in [-0.1, -0.05) is 6.42 Å². The van der Waals surface area contributed by atoms with Crippen molar-refractivity contribution in [2.24, 2.45) is 0 Å². The third kappa shape index (κ3) is 3.68. The highest BCUT2D eigenvalue weighted by Gasteiger charge is 2.09. The van der Waals surface area contributed by atoms with Crippen LogP contribution in [-0.2, 0) is 0 Å². The summed E-state index contributed by atoms with van der Waals surface area (Å²) in [6, 6.07) is 3.61. The first kappa shape index (κ1) is 11.8. The molecule has 1 fully saturated rings. The third-order valence-electron chi connectivity index (χ3n) is 2.93. The van der Waals surface area contributed by atoms with E-state index in [0.717, 1.165) is 13.1 Å². The molecule has 0 spiro atoms. The molecule has 5 nitrogen and oxygen atoms in total. The second kappa shape index (κ2) is 6.16. The summed E-state index contributed by atoms with van der Waals surface area (Å²) in [5.41, 5.74) is 0.403. The Kier molecular flexibility index (Phi) is 4.28. The molecule has 2 rings (SSSR count). The van der Waals surface area contributed by atoms with E-state index in [9.17, 15) is 0 Å². The van der Waals surface area contributed by atoms with Crippen LogP contribution >= 0.6 is 0 Å². The van der Waals surface area contributed by atoms with Crippen molar-refractivity contribution in [2.75, 3.05) is 31.5 Å². The average Bonchev–Trinajstić information content (AvgIpc) is 2.40. The lowest BCUT2D eigenvalue weighted by Gasteiger charge is -2.26. The Bertz CT molecular complexity index is 392. The van der Waals surface area contributed by atoms with Crippen LogP contribution in [0.5, 0.6) is 0 Å². The van der Waals surface area contributed by atoms with Crippen molar-refractivity contribution in [1.29, 1.82) is 5.26 Å². The van der Waals surface area contributed by atoms with Crippen LogP contribution in [0.1, 0.15) is 25.0 Å². The van der Waals surface area contributed by atoms with E-state index in [1.165, 1.54) is 32.4 Å². The molecule has 1 aromatic rings. The first-order valence-corrected chi connectivity index (χ1v) is 6.08. The second-order valence-corrected chi connectivity index (χ2v) is 4.21. The molecule has 1 aliphatic rings. The van der Waals surface area contributed by atoms with E-state index >= 15 is 0 Å². The Hall–Kier alpha value is -1.67. The van der Waals surface area contributed by atoms with Crippen LogP contribution in [0.2, 0.25) is 0 Å². The Labute approximate surface area is 101 Å². The van der Waals surface area contributed by atoms with E-state index in [0.29, 0.717) is 11.6 Å². The van der Waals surface area contributed by atoms with Crippen molar-refractivity contribution in [3.8, 4) is 6.07 Å². The van der Waals surface area contributed by atoms with Crippen LogP contribution < -0.4 is 5.32 Å². The Morgan fingerprint density at radius 3 is 2.94 bits per heavy atom. The summed E-state index contributed by atoms with van der Waals surface area (Å²) < 4.78 is 0. The van der Waals surface area contributed by atoms with Crippen molar-refractivity contribution in [1.82, 2.24) is 14.9 Å². The molecule has 2 heterocycles. The number of rotatable bonds is 4. The molecule has 0 aliphatic carbocycles. The molecule has 0 atom stereocenters. The van der Waals surface area contributed by atoms with Gasteiger partial charge < -0.3 is 10.2 Å². The molecular weight excluding hydrogens is 214 g/mol. The lowest BCUT2D eigenvalue weighted by atomic mass is 10.1. The maximum absolute atomic E-state index is 8.72. The third-order valence-corrected chi connectivity index (χ3v) is 2.93. The van der Waals surface area contributed by atoms with E-state index in [4.69, 9.17) is 5.26 Å². The van der Waals surface area contributed by atoms with E-state index in [-0.39, 0.29) is 0 Å². The van der Waals surface area contributed by atoms with Gasteiger partial charge in [0.25, 0.3) is 0 Å². The fourth-order valence-electron chi connectivity index (χ4n) is 2.01. The van der Waals surface area contributed by atoms with Crippen LogP contribution in [0.15, 0.2) is 12.3 Å².